The van der Waals surface area contributed by atoms with Gasteiger partial charge < -0.3 is 72.2 Å². The number of ether oxygens (including phenoxy) is 1. The molecule has 70 heavy (non-hydrogen) atoms. The van der Waals surface area contributed by atoms with Gasteiger partial charge in [0.15, 0.2) is 5.78 Å². The van der Waals surface area contributed by atoms with Crippen molar-refractivity contribution in [2.24, 2.45) is 63.4 Å². The molecule has 1 saturated heterocycles. The Morgan fingerprint density at radius 1 is 0.957 bits per heavy atom. The number of Topliss-reactive ketones (excluding diaryl/α,β-unsaturated/α-hetero) is 1. The molecule has 2 bridgehead atoms. The van der Waals surface area contributed by atoms with Gasteiger partial charge in [-0.3, -0.25) is 4.79 Å². The van der Waals surface area contributed by atoms with Crippen LogP contribution in [0.1, 0.15) is 130 Å². The Bertz CT molecular complexity index is 2190. The molecule has 3 aliphatic heterocycles. The van der Waals surface area contributed by atoms with Gasteiger partial charge in [0.2, 0.25) is 0 Å². The summed E-state index contributed by atoms with van der Waals surface area (Å²) in [6.45, 7) is 4.81. The van der Waals surface area contributed by atoms with E-state index >= 15 is 4.79 Å². The molecule has 10 rings (SSSR count). The highest BCUT2D eigenvalue weighted by atomic mass is 16.5. The molecule has 0 amide bonds. The van der Waals surface area contributed by atoms with E-state index in [1.807, 2.05) is 30.4 Å². The van der Waals surface area contributed by atoms with Gasteiger partial charge in [-0.1, -0.05) is 56.6 Å². The molecule has 3 spiro atoms. The van der Waals surface area contributed by atoms with E-state index in [-0.39, 0.29) is 99.6 Å². The molecule has 1 unspecified atom stereocenters. The lowest BCUT2D eigenvalue weighted by Gasteiger charge is -2.71. The van der Waals surface area contributed by atoms with E-state index in [1.54, 1.807) is 13.8 Å². The van der Waals surface area contributed by atoms with Gasteiger partial charge in [0.25, 0.3) is 0 Å². The van der Waals surface area contributed by atoms with E-state index in [1.165, 1.54) is 0 Å². The summed E-state index contributed by atoms with van der Waals surface area (Å²) < 4.78 is 7.27. The Morgan fingerprint density at radius 3 is 2.47 bits per heavy atom. The monoisotopic (exact) mass is 978 g/mol. The molecule has 390 valence electrons. The number of aliphatic hydroxyl groups excluding tert-OH is 7. The molecule has 0 radical (unpaired) electrons. The van der Waals surface area contributed by atoms with Crippen LogP contribution < -0.4 is 16.4 Å². The first-order valence-corrected chi connectivity index (χ1v) is 27.1. The third-order valence-corrected chi connectivity index (χ3v) is 21.0. The second kappa shape index (κ2) is 18.1. The third kappa shape index (κ3) is 6.91. The molecule has 0 aromatic rings. The smallest absolute Gasteiger partial charge is 0.182 e. The summed E-state index contributed by atoms with van der Waals surface area (Å²) >= 11 is 0. The van der Waals surface area contributed by atoms with Crippen LogP contribution in [0.15, 0.2) is 59.0 Å². The van der Waals surface area contributed by atoms with Crippen molar-refractivity contribution in [3.63, 3.8) is 0 Å². The van der Waals surface area contributed by atoms with Crippen LogP contribution in [0.5, 0.6) is 0 Å². The summed E-state index contributed by atoms with van der Waals surface area (Å²) in [5, 5.41) is 130. The number of rotatable bonds is 13. The second-order valence-corrected chi connectivity index (χ2v) is 24.3. The number of ketones is 1. The average molecular weight is 978 g/mol. The maximum atomic E-state index is 15.7. The van der Waals surface area contributed by atoms with E-state index in [9.17, 15) is 51.1 Å². The zero-order valence-electron chi connectivity index (χ0n) is 41.6. The third-order valence-electron chi connectivity index (χ3n) is 21.0. The minimum Gasteiger partial charge on any atom is -0.396 e. The Balaban J connectivity index is 1.15. The maximum absolute atomic E-state index is 15.7. The minimum atomic E-state index is -2.07. The molecule has 10 aliphatic rings. The van der Waals surface area contributed by atoms with Crippen LogP contribution in [0.2, 0.25) is 0 Å². The molecule has 0 aromatic heterocycles. The van der Waals surface area contributed by atoms with E-state index in [0.717, 1.165) is 43.4 Å². The van der Waals surface area contributed by atoms with Gasteiger partial charge in [-0.25, -0.2) is 0 Å². The number of dihydropyridines is 1. The number of nitrogens with one attached hydrogen (secondary N) is 2. The van der Waals surface area contributed by atoms with Gasteiger partial charge in [0.1, 0.15) is 11.2 Å². The first-order chi connectivity index (χ1) is 33.3. The average Bonchev–Trinajstić information content (AvgIpc) is 3.64. The van der Waals surface area contributed by atoms with Crippen LogP contribution in [-0.4, -0.2) is 142 Å². The molecule has 15 nitrogen and oxygen atoms in total. The van der Waals surface area contributed by atoms with Crippen LogP contribution in [-0.2, 0) is 9.53 Å². The summed E-state index contributed by atoms with van der Waals surface area (Å²) in [4.78, 5) is 15.7. The molecular weight excluding hydrogens is 895 g/mol. The summed E-state index contributed by atoms with van der Waals surface area (Å²) in [6.07, 6.45) is 12.1. The van der Waals surface area contributed by atoms with Crippen LogP contribution in [0.25, 0.3) is 0 Å². The molecule has 5 saturated carbocycles. The number of carbonyl (C=O) groups excluding carboxylic acids is 1. The normalized spacial score (nSPS) is 49.4. The standard InChI is InChI=1S/C55H83N3O12/c1-4-7-31-10-11-35-44-38(62)9-5-17-55(69,54(44)20-15-32(24-31)47(35)70-54)49(3,67)41-16-19-53(68)48-45(57-29-30(2)61)46(66)36-25-39(63)40(64)27-51(36)26-33(34-12-13-43(56)58-37(34)8-6-22-59)14-18-52(48,51)42(65)28-50(41,53)21-23-60/h12-15,18,20,30-33,35-36,38-44,47,57-65,67-69H,4-11,16-17,19,21-29,56H2,1-3H3/t30-,31+,32+,33+,35-,36-,38-,39+,40-,41+,42-,43?,44+,47-,49+,50+,51-,52-,53+,54+,55-/m0/s1. The van der Waals surface area contributed by atoms with Crippen molar-refractivity contribution in [1.82, 2.24) is 10.6 Å². The Labute approximate surface area is 413 Å². The molecule has 0 aromatic carbocycles. The molecular formula is C55H83N3O12. The van der Waals surface area contributed by atoms with Crippen molar-refractivity contribution >= 4 is 5.78 Å². The van der Waals surface area contributed by atoms with Crippen molar-refractivity contribution in [3.05, 3.63) is 59.0 Å². The van der Waals surface area contributed by atoms with Crippen LogP contribution in [0, 0.1) is 57.7 Å². The number of aliphatic hydroxyl groups is 10. The quantitative estimate of drug-likeness (QED) is 0.118. The van der Waals surface area contributed by atoms with Gasteiger partial charge in [-0.05, 0) is 139 Å². The zero-order valence-corrected chi connectivity index (χ0v) is 41.6. The molecule has 15 heteroatoms. The minimum absolute atomic E-state index is 0.0157. The van der Waals surface area contributed by atoms with Crippen molar-refractivity contribution < 1.29 is 60.6 Å². The fourth-order valence-electron chi connectivity index (χ4n) is 18.3. The van der Waals surface area contributed by atoms with E-state index in [2.05, 4.69) is 23.6 Å². The number of hydrogen-bond acceptors (Lipinski definition) is 15. The van der Waals surface area contributed by atoms with Crippen molar-refractivity contribution in [1.29, 1.82) is 0 Å². The van der Waals surface area contributed by atoms with Gasteiger partial charge in [0.05, 0.1) is 59.7 Å². The van der Waals surface area contributed by atoms with Gasteiger partial charge >= 0.3 is 0 Å². The lowest BCUT2D eigenvalue weighted by Crippen LogP contribution is -2.76. The van der Waals surface area contributed by atoms with Gasteiger partial charge in [0, 0.05) is 65.5 Å². The highest BCUT2D eigenvalue weighted by Crippen LogP contribution is 2.78. The fourth-order valence-corrected chi connectivity index (χ4v) is 18.3. The number of nitrogens with two attached hydrogens (primary N) is 1. The number of fused-ring (bicyclic) bond motifs is 3. The van der Waals surface area contributed by atoms with Crippen molar-refractivity contribution in [2.75, 3.05) is 19.8 Å². The van der Waals surface area contributed by atoms with Crippen molar-refractivity contribution in [2.45, 2.75) is 195 Å². The number of carbonyl (C=O) groups is 1. The van der Waals surface area contributed by atoms with Crippen LogP contribution in [0.3, 0.4) is 0 Å². The highest BCUT2D eigenvalue weighted by molar-refractivity contribution is 6.00. The highest BCUT2D eigenvalue weighted by Gasteiger charge is 2.82. The topological polar surface area (TPSA) is 279 Å². The molecule has 6 fully saturated rings. The first-order valence-electron chi connectivity index (χ1n) is 27.1. The van der Waals surface area contributed by atoms with Gasteiger partial charge in [-0.15, -0.1) is 0 Å². The first kappa shape index (κ1) is 51.0. The van der Waals surface area contributed by atoms with Gasteiger partial charge in [-0.2, -0.15) is 0 Å². The number of hydrogen-bond donors (Lipinski definition) is 13. The maximum Gasteiger partial charge on any atom is 0.182 e. The van der Waals surface area contributed by atoms with Crippen LogP contribution >= 0.6 is 0 Å². The summed E-state index contributed by atoms with van der Waals surface area (Å²) in [5.41, 5.74) is -3.72. The van der Waals surface area contributed by atoms with E-state index < -0.39 is 105 Å². The van der Waals surface area contributed by atoms with Crippen LogP contribution in [0.4, 0.5) is 0 Å². The molecule has 3 heterocycles. The summed E-state index contributed by atoms with van der Waals surface area (Å²) in [6, 6.07) is 0. The molecule has 21 atom stereocenters. The van der Waals surface area contributed by atoms with E-state index in [0.29, 0.717) is 31.6 Å². The molecule has 7 aliphatic carbocycles. The molecule has 14 N–H and O–H groups in total. The van der Waals surface area contributed by atoms with Crippen molar-refractivity contribution in [3.8, 4) is 0 Å². The lowest BCUT2D eigenvalue weighted by atomic mass is 9.34. The SMILES string of the molecule is CCC[C@@H]1CC[C@@H]2[C@H]3O[C@]4(C=C[C@@H]3C1)[C@H]2[C@@H](O)CCC[C@]4(O)[C@](C)(O)[C@H]1CC[C@@]2(O)C3=C(NC[C@H](C)O)C(=O)[C@@H]4C[C@@H](O)[C@@H](O)C[C@@]45C[C@H](C4=C(CCCO)NC(N)C=C4)C=C[C@]35[C@@H](O)C[C@]12CCO. The lowest BCUT2D eigenvalue weighted by molar-refractivity contribution is -0.289. The predicted molar refractivity (Wildman–Crippen MR) is 259 cm³/mol. The summed E-state index contributed by atoms with van der Waals surface area (Å²) in [7, 11) is 0. The largest absolute Gasteiger partial charge is 0.396 e. The second-order valence-electron chi connectivity index (χ2n) is 24.3. The Morgan fingerprint density at radius 2 is 1.74 bits per heavy atom. The predicted octanol–water partition coefficient (Wildman–Crippen LogP) is 2.40. The van der Waals surface area contributed by atoms with E-state index in [4.69, 9.17) is 10.5 Å². The Kier molecular flexibility index (Phi) is 13.2. The summed E-state index contributed by atoms with van der Waals surface area (Å²) in [5.74, 6) is -2.71. The zero-order chi connectivity index (χ0) is 50.0. The number of allylic oxidation sites excluding steroid dienone is 5. The fraction of sp³-hybridized carbons (Fsp3) is 0.800. The Hall–Kier alpha value is -2.51.